The summed E-state index contributed by atoms with van der Waals surface area (Å²) in [6.45, 7) is 6.12. The van der Waals surface area contributed by atoms with Crippen LogP contribution < -0.4 is 5.32 Å². The van der Waals surface area contributed by atoms with Crippen molar-refractivity contribution in [2.75, 3.05) is 16.8 Å². The van der Waals surface area contributed by atoms with Crippen LogP contribution in [0.5, 0.6) is 0 Å². The molecule has 1 aromatic rings. The van der Waals surface area contributed by atoms with Crippen LogP contribution in [0.25, 0.3) is 0 Å². The summed E-state index contributed by atoms with van der Waals surface area (Å²) in [6.07, 6.45) is 0.736. The minimum absolute atomic E-state index is 0.0488. The third-order valence-electron chi connectivity index (χ3n) is 4.37. The molecule has 0 spiro atoms. The van der Waals surface area contributed by atoms with Crippen molar-refractivity contribution >= 4 is 43.8 Å². The molecule has 0 aromatic carbocycles. The highest BCUT2D eigenvalue weighted by molar-refractivity contribution is 7.91. The molecular weight excluding hydrogens is 376 g/mol. The molecular formula is C16H22N4O4S2. The van der Waals surface area contributed by atoms with Crippen LogP contribution in [0.4, 0.5) is 5.13 Å². The van der Waals surface area contributed by atoms with E-state index < -0.39 is 21.8 Å². The summed E-state index contributed by atoms with van der Waals surface area (Å²) >= 11 is 1.34. The van der Waals surface area contributed by atoms with E-state index in [1.54, 1.807) is 0 Å². The maximum absolute atomic E-state index is 12.5. The highest BCUT2D eigenvalue weighted by Gasteiger charge is 2.37. The molecule has 1 saturated heterocycles. The van der Waals surface area contributed by atoms with Gasteiger partial charge >= 0.3 is 0 Å². The van der Waals surface area contributed by atoms with Gasteiger partial charge in [0.1, 0.15) is 5.71 Å². The number of thiazole rings is 1. The zero-order valence-electron chi connectivity index (χ0n) is 15.0. The number of rotatable bonds is 3. The summed E-state index contributed by atoms with van der Waals surface area (Å²) in [6, 6.07) is -0.483. The molecule has 0 unspecified atom stereocenters. The molecule has 10 heteroatoms. The van der Waals surface area contributed by atoms with Crippen LogP contribution in [0, 0.1) is 0 Å². The number of nitrogens with one attached hydrogen (secondary N) is 1. The van der Waals surface area contributed by atoms with Crippen molar-refractivity contribution in [2.24, 2.45) is 5.10 Å². The molecule has 3 heterocycles. The van der Waals surface area contributed by atoms with Crippen molar-refractivity contribution < 1.29 is 18.0 Å². The van der Waals surface area contributed by atoms with Crippen molar-refractivity contribution in [1.82, 2.24) is 9.99 Å². The number of anilines is 1. The van der Waals surface area contributed by atoms with Gasteiger partial charge in [-0.05, 0) is 6.42 Å². The lowest BCUT2D eigenvalue weighted by molar-refractivity contribution is -0.133. The maximum Gasteiger partial charge on any atom is 0.273 e. The molecule has 8 nitrogen and oxygen atoms in total. The van der Waals surface area contributed by atoms with E-state index in [1.165, 1.54) is 16.3 Å². The first kappa shape index (κ1) is 19.0. The topological polar surface area (TPSA) is 109 Å². The molecule has 26 heavy (non-hydrogen) atoms. The lowest BCUT2D eigenvalue weighted by Gasteiger charge is -2.27. The first-order valence-electron chi connectivity index (χ1n) is 8.42. The Morgan fingerprint density at radius 1 is 1.35 bits per heavy atom. The van der Waals surface area contributed by atoms with E-state index in [9.17, 15) is 18.0 Å². The van der Waals surface area contributed by atoms with Crippen LogP contribution in [0.2, 0.25) is 0 Å². The van der Waals surface area contributed by atoms with E-state index in [0.29, 0.717) is 11.6 Å². The fourth-order valence-electron chi connectivity index (χ4n) is 2.83. The van der Waals surface area contributed by atoms with Gasteiger partial charge < -0.3 is 0 Å². The van der Waals surface area contributed by atoms with E-state index in [1.807, 2.05) is 26.2 Å². The molecule has 1 fully saturated rings. The van der Waals surface area contributed by atoms with Gasteiger partial charge in [-0.25, -0.2) is 18.4 Å². The first-order valence-corrected chi connectivity index (χ1v) is 11.1. The Hall–Kier alpha value is -1.81. The average molecular weight is 399 g/mol. The molecule has 2 amide bonds. The minimum atomic E-state index is -3.14. The predicted molar refractivity (Wildman–Crippen MR) is 100 cm³/mol. The van der Waals surface area contributed by atoms with E-state index in [-0.39, 0.29) is 41.4 Å². The van der Waals surface area contributed by atoms with Gasteiger partial charge in [-0.15, -0.1) is 11.3 Å². The maximum atomic E-state index is 12.5. The zero-order valence-corrected chi connectivity index (χ0v) is 16.6. The number of hydrazone groups is 1. The predicted octanol–water partition coefficient (Wildman–Crippen LogP) is 1.54. The Kier molecular flexibility index (Phi) is 4.91. The number of amides is 2. The molecule has 0 radical (unpaired) electrons. The molecule has 142 valence electrons. The van der Waals surface area contributed by atoms with Crippen LogP contribution in [-0.4, -0.2) is 53.5 Å². The van der Waals surface area contributed by atoms with E-state index in [4.69, 9.17) is 0 Å². The fourth-order valence-corrected chi connectivity index (χ4v) is 5.46. The standard InChI is InChI=1S/C16H22N4O4S2/c1-16(2,3)12-8-25-15(17-12)18-14(22)11-4-5-13(21)20(19-11)10-6-7-26(23,24)9-10/h8,10H,4-7,9H2,1-3H3,(H,17,18,22)/t10-/m0/s1. The summed E-state index contributed by atoms with van der Waals surface area (Å²) in [5.41, 5.74) is 0.997. The fraction of sp³-hybridized carbons (Fsp3) is 0.625. The molecule has 1 N–H and O–H groups in total. The lowest BCUT2D eigenvalue weighted by Crippen LogP contribution is -2.42. The van der Waals surface area contributed by atoms with Gasteiger partial charge in [0, 0.05) is 23.6 Å². The van der Waals surface area contributed by atoms with E-state index in [2.05, 4.69) is 15.4 Å². The SMILES string of the molecule is CC(C)(C)c1csc(NC(=O)C2=NN([C@H]3CCS(=O)(=O)C3)C(=O)CC2)n1. The number of hydrogen-bond donors (Lipinski definition) is 1. The van der Waals surface area contributed by atoms with Crippen LogP contribution in [-0.2, 0) is 24.8 Å². The van der Waals surface area contributed by atoms with Crippen molar-refractivity contribution in [3.8, 4) is 0 Å². The second kappa shape index (κ2) is 6.73. The van der Waals surface area contributed by atoms with Crippen molar-refractivity contribution in [3.05, 3.63) is 11.1 Å². The summed E-state index contributed by atoms with van der Waals surface area (Å²) < 4.78 is 23.3. The Morgan fingerprint density at radius 3 is 2.65 bits per heavy atom. The Morgan fingerprint density at radius 2 is 2.08 bits per heavy atom. The number of sulfone groups is 1. The van der Waals surface area contributed by atoms with Gasteiger partial charge in [0.15, 0.2) is 15.0 Å². The quantitative estimate of drug-likeness (QED) is 0.831. The zero-order chi connectivity index (χ0) is 19.1. The van der Waals surface area contributed by atoms with E-state index in [0.717, 1.165) is 5.69 Å². The van der Waals surface area contributed by atoms with Gasteiger partial charge in [0.05, 0.1) is 23.2 Å². The largest absolute Gasteiger partial charge is 0.297 e. The van der Waals surface area contributed by atoms with Crippen molar-refractivity contribution in [3.63, 3.8) is 0 Å². The van der Waals surface area contributed by atoms with Crippen molar-refractivity contribution in [2.45, 2.75) is 51.5 Å². The molecule has 0 aliphatic carbocycles. The molecule has 0 saturated carbocycles. The Labute approximate surface area is 156 Å². The van der Waals surface area contributed by atoms with Gasteiger partial charge in [0.25, 0.3) is 5.91 Å². The molecule has 3 rings (SSSR count). The number of hydrogen-bond acceptors (Lipinski definition) is 7. The second-order valence-corrected chi connectivity index (χ2v) is 10.7. The highest BCUT2D eigenvalue weighted by atomic mass is 32.2. The summed E-state index contributed by atoms with van der Waals surface area (Å²) in [4.78, 5) is 29.0. The summed E-state index contributed by atoms with van der Waals surface area (Å²) in [7, 11) is -3.14. The molecule has 0 bridgehead atoms. The third kappa shape index (κ3) is 4.12. The van der Waals surface area contributed by atoms with Gasteiger partial charge in [-0.2, -0.15) is 5.10 Å². The van der Waals surface area contributed by atoms with Gasteiger partial charge in [0.2, 0.25) is 5.91 Å². The normalized spacial score (nSPS) is 23.0. The smallest absolute Gasteiger partial charge is 0.273 e. The number of nitrogens with zero attached hydrogens (tertiary/aromatic N) is 3. The molecule has 1 atom stereocenters. The average Bonchev–Trinajstić information content (AvgIpc) is 3.13. The lowest BCUT2D eigenvalue weighted by atomic mass is 9.93. The van der Waals surface area contributed by atoms with E-state index >= 15 is 0 Å². The highest BCUT2D eigenvalue weighted by Crippen LogP contribution is 2.27. The number of carbonyl (C=O) groups excluding carboxylic acids is 2. The molecule has 2 aliphatic heterocycles. The summed E-state index contributed by atoms with van der Waals surface area (Å²) in [5, 5.41) is 10.5. The second-order valence-electron chi connectivity index (χ2n) is 7.58. The van der Waals surface area contributed by atoms with Gasteiger partial charge in [-0.3, -0.25) is 14.9 Å². The van der Waals surface area contributed by atoms with Gasteiger partial charge in [-0.1, -0.05) is 20.8 Å². The minimum Gasteiger partial charge on any atom is -0.297 e. The van der Waals surface area contributed by atoms with Crippen molar-refractivity contribution in [1.29, 1.82) is 0 Å². The van der Waals surface area contributed by atoms with Crippen LogP contribution in [0.1, 0.15) is 45.7 Å². The Balaban J connectivity index is 1.73. The number of carbonyl (C=O) groups is 2. The number of aromatic nitrogens is 1. The monoisotopic (exact) mass is 398 g/mol. The third-order valence-corrected chi connectivity index (χ3v) is 6.88. The first-order chi connectivity index (χ1) is 12.0. The molecule has 1 aromatic heterocycles. The van der Waals surface area contributed by atoms with Crippen LogP contribution in [0.3, 0.4) is 0 Å². The van der Waals surface area contributed by atoms with Crippen LogP contribution in [0.15, 0.2) is 10.5 Å². The van der Waals surface area contributed by atoms with Crippen LogP contribution >= 0.6 is 11.3 Å². The molecule has 2 aliphatic rings. The summed E-state index contributed by atoms with van der Waals surface area (Å²) in [5.74, 6) is -0.697. The Bertz CT molecular complexity index is 867.